The van der Waals surface area contributed by atoms with Crippen molar-refractivity contribution in [3.8, 4) is 0 Å². The molecule has 1 amide bonds. The van der Waals surface area contributed by atoms with Crippen LogP contribution >= 0.6 is 12.8 Å². The Morgan fingerprint density at radius 3 is 1.95 bits per heavy atom. The molecule has 5 nitrogen and oxygen atoms in total. The number of nitrogens with two attached hydrogens (primary N) is 1. The van der Waals surface area contributed by atoms with Crippen LogP contribution in [0, 0.1) is 0 Å². The molecule has 1 aromatic rings. The minimum Gasteiger partial charge on any atom is -0.444 e. The summed E-state index contributed by atoms with van der Waals surface area (Å²) in [5, 5.41) is 3.01. The molecule has 110 valence electrons. The predicted octanol–water partition coefficient (Wildman–Crippen LogP) is 2.62. The third-order valence-corrected chi connectivity index (χ3v) is 1.78. The second kappa shape index (κ2) is 10.5. The molecular formula is C13H26N3O2S+. The van der Waals surface area contributed by atoms with E-state index in [0.29, 0.717) is 0 Å². The number of amides is 1. The molecule has 0 aliphatic heterocycles. The number of pyridine rings is 1. The van der Waals surface area contributed by atoms with Gasteiger partial charge in [-0.15, -0.1) is 3.97 Å². The number of anilines is 1. The van der Waals surface area contributed by atoms with Gasteiger partial charge in [0.15, 0.2) is 12.4 Å². The maximum Gasteiger partial charge on any atom is 0.405 e. The summed E-state index contributed by atoms with van der Waals surface area (Å²) in [5.74, 6) is 0. The summed E-state index contributed by atoms with van der Waals surface area (Å²) in [6.45, 7) is 9.28. The first-order chi connectivity index (χ1) is 8.74. The van der Waals surface area contributed by atoms with Gasteiger partial charge in [-0.1, -0.05) is 13.8 Å². The number of hydrogen-bond donors (Lipinski definition) is 3. The number of ether oxygens (including phenoxy) is 1. The van der Waals surface area contributed by atoms with E-state index in [1.54, 1.807) is 24.7 Å². The Morgan fingerprint density at radius 2 is 1.74 bits per heavy atom. The highest BCUT2D eigenvalue weighted by Crippen LogP contribution is 2.04. The molecule has 6 heteroatoms. The average molecular weight is 288 g/mol. The van der Waals surface area contributed by atoms with Crippen LogP contribution in [0.3, 0.4) is 0 Å². The van der Waals surface area contributed by atoms with Crippen LogP contribution < -0.4 is 15.0 Å². The van der Waals surface area contributed by atoms with Crippen molar-refractivity contribution in [3.05, 3.63) is 24.5 Å². The normalized spacial score (nSPS) is 9.21. The molecule has 0 aliphatic rings. The van der Waals surface area contributed by atoms with Crippen molar-refractivity contribution < 1.29 is 13.5 Å². The first-order valence-electron chi connectivity index (χ1n) is 6.11. The quantitative estimate of drug-likeness (QED) is 0.549. The number of rotatable bonds is 1. The molecule has 0 bridgehead atoms. The van der Waals surface area contributed by atoms with Gasteiger partial charge in [0.2, 0.25) is 0 Å². The first kappa shape index (κ1) is 19.9. The molecule has 3 N–H and O–H groups in total. The number of hydrogen-bond acceptors (Lipinski definition) is 4. The van der Waals surface area contributed by atoms with Crippen LogP contribution in [0.25, 0.3) is 0 Å². The maximum atomic E-state index is 10.0. The fraction of sp³-hybridized carbons (Fsp3) is 0.538. The molecule has 0 radical (unpaired) electrons. The number of primary amides is 1. The monoisotopic (exact) mass is 288 g/mol. The van der Waals surface area contributed by atoms with E-state index in [1.165, 1.54) is 0 Å². The van der Waals surface area contributed by atoms with Crippen molar-refractivity contribution in [2.45, 2.75) is 40.2 Å². The summed E-state index contributed by atoms with van der Waals surface area (Å²) in [7, 11) is 1.89. The summed E-state index contributed by atoms with van der Waals surface area (Å²) in [4.78, 5) is 10.0. The van der Waals surface area contributed by atoms with Gasteiger partial charge in [-0.3, -0.25) is 0 Å². The van der Waals surface area contributed by atoms with E-state index in [2.05, 4.69) is 22.9 Å². The second-order valence-electron chi connectivity index (χ2n) is 4.25. The van der Waals surface area contributed by atoms with Crippen LogP contribution in [-0.2, 0) is 4.74 Å². The van der Waals surface area contributed by atoms with Gasteiger partial charge in [0.25, 0.3) is 0 Å². The lowest BCUT2D eigenvalue weighted by Gasteiger charge is -2.16. The van der Waals surface area contributed by atoms with Gasteiger partial charge in [-0.2, -0.15) is 0 Å². The standard InChI is InChI=1S/C6H8N2S.C5H11NO2.C2H6/c1-7-6-2-4-8(9)5-3-6;1-5(2,3)8-4(6)7;1-2/h2-5,9H,1H3;1-3H3,(H2,6,7);1-2H3/p+1. The van der Waals surface area contributed by atoms with E-state index in [1.807, 2.05) is 45.4 Å². The van der Waals surface area contributed by atoms with Crippen LogP contribution in [0.15, 0.2) is 24.5 Å². The molecule has 1 rings (SSSR count). The largest absolute Gasteiger partial charge is 0.444 e. The Hall–Kier alpha value is -1.43. The first-order valence-corrected chi connectivity index (χ1v) is 6.51. The summed E-state index contributed by atoms with van der Waals surface area (Å²) in [5.41, 5.74) is 5.36. The molecule has 0 atom stereocenters. The van der Waals surface area contributed by atoms with Gasteiger partial charge in [0.05, 0.1) is 0 Å². The van der Waals surface area contributed by atoms with Gasteiger partial charge in [0.1, 0.15) is 18.4 Å². The molecule has 0 spiro atoms. The number of carbonyl (C=O) groups is 1. The fourth-order valence-corrected chi connectivity index (χ4v) is 1.02. The highest BCUT2D eigenvalue weighted by molar-refractivity contribution is 7.73. The van der Waals surface area contributed by atoms with Gasteiger partial charge < -0.3 is 15.8 Å². The molecule has 0 saturated heterocycles. The van der Waals surface area contributed by atoms with Gasteiger partial charge in [-0.05, 0) is 20.8 Å². The van der Waals surface area contributed by atoms with Crippen molar-refractivity contribution in [1.29, 1.82) is 0 Å². The van der Waals surface area contributed by atoms with E-state index < -0.39 is 11.7 Å². The Morgan fingerprint density at radius 1 is 1.32 bits per heavy atom. The van der Waals surface area contributed by atoms with E-state index in [0.717, 1.165) is 5.69 Å². The van der Waals surface area contributed by atoms with E-state index in [9.17, 15) is 4.79 Å². The molecule has 19 heavy (non-hydrogen) atoms. The topological polar surface area (TPSA) is 68.2 Å². The zero-order chi connectivity index (χ0) is 15.5. The minimum atomic E-state index is -0.725. The number of aromatic nitrogens is 1. The Labute approximate surface area is 121 Å². The van der Waals surface area contributed by atoms with Crippen molar-refractivity contribution in [1.82, 2.24) is 0 Å². The smallest absolute Gasteiger partial charge is 0.405 e. The van der Waals surface area contributed by atoms with Gasteiger partial charge >= 0.3 is 6.09 Å². The van der Waals surface area contributed by atoms with Crippen molar-refractivity contribution >= 4 is 24.6 Å². The highest BCUT2D eigenvalue weighted by Gasteiger charge is 2.12. The second-order valence-corrected chi connectivity index (χ2v) is 4.71. The highest BCUT2D eigenvalue weighted by atomic mass is 32.1. The lowest BCUT2D eigenvalue weighted by molar-refractivity contribution is -0.489. The van der Waals surface area contributed by atoms with Crippen LogP contribution in [0.4, 0.5) is 10.5 Å². The summed E-state index contributed by atoms with van der Waals surface area (Å²) in [6.07, 6.45) is 3.02. The molecule has 0 aliphatic carbocycles. The van der Waals surface area contributed by atoms with Gasteiger partial charge in [0, 0.05) is 24.9 Å². The van der Waals surface area contributed by atoms with E-state index >= 15 is 0 Å². The lowest BCUT2D eigenvalue weighted by Crippen LogP contribution is -2.27. The lowest BCUT2D eigenvalue weighted by atomic mass is 10.2. The minimum absolute atomic E-state index is 0.453. The third kappa shape index (κ3) is 14.5. The average Bonchev–Trinajstić information content (AvgIpc) is 2.30. The molecule has 0 fully saturated rings. The molecule has 0 aromatic carbocycles. The van der Waals surface area contributed by atoms with Crippen LogP contribution in [0.1, 0.15) is 34.6 Å². The number of carbonyl (C=O) groups excluding carboxylic acids is 1. The number of thiol groups is 1. The molecule has 0 unspecified atom stereocenters. The number of nitrogens with one attached hydrogen (secondary N) is 1. The Bertz CT molecular complexity index is 348. The van der Waals surface area contributed by atoms with Crippen LogP contribution in [0.2, 0.25) is 0 Å². The summed E-state index contributed by atoms with van der Waals surface area (Å²) >= 11 is 4.06. The van der Waals surface area contributed by atoms with E-state index in [-0.39, 0.29) is 0 Å². The van der Waals surface area contributed by atoms with E-state index in [4.69, 9.17) is 5.73 Å². The number of nitrogens with zero attached hydrogens (tertiary/aromatic N) is 1. The zero-order valence-corrected chi connectivity index (χ0v) is 13.5. The van der Waals surface area contributed by atoms with Crippen LogP contribution in [-0.4, -0.2) is 18.7 Å². The summed E-state index contributed by atoms with van der Waals surface area (Å²) in [6, 6.07) is 3.90. The third-order valence-electron chi connectivity index (χ3n) is 1.51. The van der Waals surface area contributed by atoms with Crippen LogP contribution in [0.5, 0.6) is 0 Å². The van der Waals surface area contributed by atoms with Crippen molar-refractivity contribution in [3.63, 3.8) is 0 Å². The van der Waals surface area contributed by atoms with Crippen molar-refractivity contribution in [2.24, 2.45) is 5.73 Å². The molecular weight excluding hydrogens is 262 g/mol. The van der Waals surface area contributed by atoms with Gasteiger partial charge in [-0.25, -0.2) is 4.79 Å². The maximum absolute atomic E-state index is 10.0. The van der Waals surface area contributed by atoms with Crippen molar-refractivity contribution in [2.75, 3.05) is 12.4 Å². The predicted molar refractivity (Wildman–Crippen MR) is 82.3 cm³/mol. The molecule has 1 heterocycles. The summed E-state index contributed by atoms with van der Waals surface area (Å²) < 4.78 is 6.27. The SMILES string of the molecule is CC.CC(C)(C)OC(N)=O.CNc1cc[n+](S)cc1. The fourth-order valence-electron chi connectivity index (χ4n) is 0.887. The molecule has 0 saturated carbocycles. The Kier molecular flexibility index (Phi) is 11.0. The zero-order valence-electron chi connectivity index (χ0n) is 12.6. The Balaban J connectivity index is 0. The molecule has 1 aromatic heterocycles.